The summed E-state index contributed by atoms with van der Waals surface area (Å²) in [6.07, 6.45) is -4.28. The first kappa shape index (κ1) is 20.3. The third-order valence-electron chi connectivity index (χ3n) is 3.45. The van der Waals surface area contributed by atoms with Gasteiger partial charge in [0.1, 0.15) is 11.8 Å². The highest BCUT2D eigenvalue weighted by atomic mass is 35.5. The van der Waals surface area contributed by atoms with E-state index in [1.165, 1.54) is 17.0 Å². The summed E-state index contributed by atoms with van der Waals surface area (Å²) in [5, 5.41) is 3.08. The smallest absolute Gasteiger partial charge is 0.408 e. The van der Waals surface area contributed by atoms with Gasteiger partial charge in [-0.15, -0.1) is 12.4 Å². The average Bonchev–Trinajstić information content (AvgIpc) is 2.39. The predicted molar refractivity (Wildman–Crippen MR) is 90.9 cm³/mol. The second-order valence-corrected chi connectivity index (χ2v) is 10.9. The Hall–Kier alpha value is -0.763. The fourth-order valence-electron chi connectivity index (χ4n) is 2.62. The standard InChI is InChI=1S/C15H23F3N2OSi.ClH/c1-22(2,3)21-13-6-4-12(5-7-13)14(15(16,17)18)20-10-8-19-9-11-20;/h4-7,14,19H,8-11H2,1-3H3;1H/t14-;/m1./s1. The molecule has 132 valence electrons. The first-order valence-electron chi connectivity index (χ1n) is 7.47. The Morgan fingerprint density at radius 3 is 2.04 bits per heavy atom. The maximum atomic E-state index is 13.5. The Labute approximate surface area is 142 Å². The van der Waals surface area contributed by atoms with Crippen LogP contribution in [0.3, 0.4) is 0 Å². The lowest BCUT2D eigenvalue weighted by Gasteiger charge is -2.36. The van der Waals surface area contributed by atoms with E-state index in [1.807, 2.05) is 19.6 Å². The zero-order valence-corrected chi connectivity index (χ0v) is 15.4. The summed E-state index contributed by atoms with van der Waals surface area (Å²) in [6, 6.07) is 4.82. The molecule has 1 N–H and O–H groups in total. The monoisotopic (exact) mass is 368 g/mol. The number of benzene rings is 1. The van der Waals surface area contributed by atoms with E-state index in [2.05, 4.69) is 5.32 Å². The molecule has 2 rings (SSSR count). The van der Waals surface area contributed by atoms with E-state index in [4.69, 9.17) is 4.43 Å². The van der Waals surface area contributed by atoms with E-state index < -0.39 is 20.5 Å². The number of hydrogen-bond acceptors (Lipinski definition) is 3. The van der Waals surface area contributed by atoms with E-state index in [1.54, 1.807) is 12.1 Å². The Balaban J connectivity index is 0.00000264. The van der Waals surface area contributed by atoms with E-state index in [9.17, 15) is 13.2 Å². The van der Waals surface area contributed by atoms with Crippen molar-refractivity contribution in [3.05, 3.63) is 29.8 Å². The number of halogens is 4. The van der Waals surface area contributed by atoms with Gasteiger partial charge in [-0.2, -0.15) is 13.2 Å². The molecule has 1 aromatic carbocycles. The lowest BCUT2D eigenvalue weighted by atomic mass is 10.0. The van der Waals surface area contributed by atoms with Crippen molar-refractivity contribution in [3.8, 4) is 5.75 Å². The molecule has 3 nitrogen and oxygen atoms in total. The van der Waals surface area contributed by atoms with Crippen LogP contribution >= 0.6 is 12.4 Å². The largest absolute Gasteiger partial charge is 0.544 e. The van der Waals surface area contributed by atoms with Crippen molar-refractivity contribution in [1.82, 2.24) is 10.2 Å². The normalized spacial score (nSPS) is 18.2. The van der Waals surface area contributed by atoms with Crippen LogP contribution in [0.15, 0.2) is 24.3 Å². The number of rotatable bonds is 4. The molecule has 0 aromatic heterocycles. The zero-order valence-electron chi connectivity index (χ0n) is 13.6. The van der Waals surface area contributed by atoms with Gasteiger partial charge in [-0.05, 0) is 37.3 Å². The maximum absolute atomic E-state index is 13.5. The van der Waals surface area contributed by atoms with Crippen LogP contribution in [0.25, 0.3) is 0 Å². The molecule has 0 radical (unpaired) electrons. The number of hydrogen-bond donors (Lipinski definition) is 1. The molecule has 8 heteroatoms. The number of piperazine rings is 1. The Bertz CT molecular complexity index is 485. The molecule has 1 saturated heterocycles. The molecule has 0 amide bonds. The maximum Gasteiger partial charge on any atom is 0.408 e. The number of nitrogens with zero attached hydrogens (tertiary/aromatic N) is 1. The Morgan fingerprint density at radius 2 is 1.61 bits per heavy atom. The summed E-state index contributed by atoms with van der Waals surface area (Å²) in [5.41, 5.74) is 0.275. The van der Waals surface area contributed by atoms with E-state index >= 15 is 0 Å². The minimum atomic E-state index is -4.28. The van der Waals surface area contributed by atoms with Crippen LogP contribution in [0.1, 0.15) is 11.6 Å². The van der Waals surface area contributed by atoms with Crippen molar-refractivity contribution in [2.45, 2.75) is 31.9 Å². The summed E-state index contributed by atoms with van der Waals surface area (Å²) < 4.78 is 46.2. The molecule has 1 aliphatic heterocycles. The summed E-state index contributed by atoms with van der Waals surface area (Å²) in [5.74, 6) is 0.643. The molecule has 1 aromatic rings. The first-order valence-corrected chi connectivity index (χ1v) is 10.9. The summed E-state index contributed by atoms with van der Waals surface area (Å²) >= 11 is 0. The van der Waals surface area contributed by atoms with Gasteiger partial charge in [0.2, 0.25) is 8.32 Å². The topological polar surface area (TPSA) is 24.5 Å². The van der Waals surface area contributed by atoms with Crippen molar-refractivity contribution in [3.63, 3.8) is 0 Å². The molecule has 0 unspecified atom stereocenters. The van der Waals surface area contributed by atoms with Gasteiger partial charge in [-0.25, -0.2) is 0 Å². The minimum Gasteiger partial charge on any atom is -0.544 e. The highest BCUT2D eigenvalue weighted by molar-refractivity contribution is 6.70. The van der Waals surface area contributed by atoms with Gasteiger partial charge in [0, 0.05) is 26.2 Å². The van der Waals surface area contributed by atoms with Crippen LogP contribution in [0, 0.1) is 0 Å². The molecule has 1 aliphatic rings. The highest BCUT2D eigenvalue weighted by Crippen LogP contribution is 2.38. The van der Waals surface area contributed by atoms with Crippen LogP contribution in [0.5, 0.6) is 5.75 Å². The Kier molecular flexibility index (Phi) is 6.94. The second-order valence-electron chi connectivity index (χ2n) is 6.51. The van der Waals surface area contributed by atoms with E-state index in [-0.39, 0.29) is 18.0 Å². The Morgan fingerprint density at radius 1 is 1.09 bits per heavy atom. The number of alkyl halides is 3. The van der Waals surface area contributed by atoms with Crippen LogP contribution in [0.4, 0.5) is 13.2 Å². The van der Waals surface area contributed by atoms with Gasteiger partial charge in [-0.1, -0.05) is 12.1 Å². The van der Waals surface area contributed by atoms with Crippen molar-refractivity contribution < 1.29 is 17.6 Å². The molecule has 0 spiro atoms. The van der Waals surface area contributed by atoms with Crippen LogP contribution in [-0.4, -0.2) is 45.6 Å². The van der Waals surface area contributed by atoms with Crippen LogP contribution in [0.2, 0.25) is 19.6 Å². The highest BCUT2D eigenvalue weighted by Gasteiger charge is 2.44. The van der Waals surface area contributed by atoms with Gasteiger partial charge < -0.3 is 9.74 Å². The third-order valence-corrected chi connectivity index (χ3v) is 4.29. The third kappa shape index (κ3) is 5.98. The summed E-state index contributed by atoms with van der Waals surface area (Å²) in [4.78, 5) is 1.49. The van der Waals surface area contributed by atoms with E-state index in [0.29, 0.717) is 31.9 Å². The van der Waals surface area contributed by atoms with Gasteiger partial charge in [0.15, 0.2) is 0 Å². The fraction of sp³-hybridized carbons (Fsp3) is 0.600. The van der Waals surface area contributed by atoms with Gasteiger partial charge in [-0.3, -0.25) is 4.90 Å². The average molecular weight is 369 g/mol. The molecule has 1 heterocycles. The second kappa shape index (κ2) is 7.87. The molecular formula is C15H24ClF3N2OSi. The van der Waals surface area contributed by atoms with Gasteiger partial charge in [0.05, 0.1) is 0 Å². The zero-order chi connectivity index (χ0) is 16.4. The van der Waals surface area contributed by atoms with Crippen molar-refractivity contribution in [2.24, 2.45) is 0 Å². The van der Waals surface area contributed by atoms with Crippen LogP contribution in [-0.2, 0) is 0 Å². The van der Waals surface area contributed by atoms with Crippen molar-refractivity contribution in [1.29, 1.82) is 0 Å². The fourth-order valence-corrected chi connectivity index (χ4v) is 3.46. The summed E-state index contributed by atoms with van der Waals surface area (Å²) in [6.45, 7) is 8.10. The molecule has 0 saturated carbocycles. The van der Waals surface area contributed by atoms with Gasteiger partial charge >= 0.3 is 6.18 Å². The minimum absolute atomic E-state index is 0. The SMILES string of the molecule is C[Si](C)(C)Oc1ccc([C@@H](N2CCNCC2)C(F)(F)F)cc1.Cl. The molecule has 1 atom stereocenters. The molecule has 1 fully saturated rings. The lowest BCUT2D eigenvalue weighted by molar-refractivity contribution is -0.187. The van der Waals surface area contributed by atoms with Gasteiger partial charge in [0.25, 0.3) is 0 Å². The molecular weight excluding hydrogens is 345 g/mol. The lowest BCUT2D eigenvalue weighted by Crippen LogP contribution is -2.49. The molecule has 0 aliphatic carbocycles. The first-order chi connectivity index (χ1) is 10.2. The van der Waals surface area contributed by atoms with Crippen molar-refractivity contribution in [2.75, 3.05) is 26.2 Å². The quantitative estimate of drug-likeness (QED) is 0.817. The van der Waals surface area contributed by atoms with E-state index in [0.717, 1.165) is 0 Å². The molecule has 23 heavy (non-hydrogen) atoms. The van der Waals surface area contributed by atoms with Crippen molar-refractivity contribution >= 4 is 20.7 Å². The summed E-state index contributed by atoms with van der Waals surface area (Å²) in [7, 11) is -1.75. The predicted octanol–water partition coefficient (Wildman–Crippen LogP) is 3.83. The number of nitrogens with one attached hydrogen (secondary N) is 1. The van der Waals surface area contributed by atoms with Crippen LogP contribution < -0.4 is 9.74 Å². The molecule has 0 bridgehead atoms.